The van der Waals surface area contributed by atoms with Crippen LogP contribution < -0.4 is 15.4 Å². The van der Waals surface area contributed by atoms with Crippen LogP contribution in [0.4, 0.5) is 0 Å². The first-order valence-electron chi connectivity index (χ1n) is 8.25. The molecule has 0 radical (unpaired) electrons. The van der Waals surface area contributed by atoms with E-state index in [4.69, 9.17) is 4.74 Å². The first kappa shape index (κ1) is 21.9. The number of nitrogens with zero attached hydrogens (tertiary/aromatic N) is 2. The monoisotopic (exact) mass is 434 g/mol. The van der Waals surface area contributed by atoms with Gasteiger partial charge in [-0.05, 0) is 17.9 Å². The molecule has 0 aliphatic carbocycles. The third-order valence-electron chi connectivity index (χ3n) is 3.65. The predicted molar refractivity (Wildman–Crippen MR) is 108 cm³/mol. The Morgan fingerprint density at radius 3 is 2.48 bits per heavy atom. The molecule has 0 aromatic carbocycles. The number of guanidine groups is 1. The van der Waals surface area contributed by atoms with Gasteiger partial charge in [-0.3, -0.25) is 4.99 Å². The smallest absolute Gasteiger partial charge is 0.213 e. The minimum absolute atomic E-state index is 0. The van der Waals surface area contributed by atoms with Crippen LogP contribution in [-0.2, 0) is 6.54 Å². The molecule has 1 heterocycles. The lowest BCUT2D eigenvalue weighted by Gasteiger charge is -2.16. The summed E-state index contributed by atoms with van der Waals surface area (Å²) in [7, 11) is 1.79. The molecule has 5 nitrogen and oxygen atoms in total. The summed E-state index contributed by atoms with van der Waals surface area (Å²) in [4.78, 5) is 8.55. The van der Waals surface area contributed by atoms with Crippen molar-refractivity contribution in [1.82, 2.24) is 15.6 Å². The molecule has 0 saturated carbocycles. The molecule has 1 aromatic rings. The maximum absolute atomic E-state index is 5.48. The van der Waals surface area contributed by atoms with Gasteiger partial charge in [0.1, 0.15) is 0 Å². The Balaban J connectivity index is 0.00000484. The van der Waals surface area contributed by atoms with E-state index in [-0.39, 0.29) is 24.0 Å². The molecule has 0 aliphatic rings. The lowest BCUT2D eigenvalue weighted by molar-refractivity contribution is 0.305. The van der Waals surface area contributed by atoms with Crippen molar-refractivity contribution >= 4 is 29.9 Å². The number of rotatable bonds is 9. The van der Waals surface area contributed by atoms with E-state index < -0.39 is 0 Å². The molecule has 2 N–H and O–H groups in total. The van der Waals surface area contributed by atoms with Gasteiger partial charge in [-0.2, -0.15) is 0 Å². The van der Waals surface area contributed by atoms with E-state index in [1.165, 1.54) is 12.8 Å². The molecular weight excluding hydrogens is 403 g/mol. The van der Waals surface area contributed by atoms with Gasteiger partial charge < -0.3 is 15.4 Å². The zero-order valence-corrected chi connectivity index (χ0v) is 17.1. The van der Waals surface area contributed by atoms with E-state index >= 15 is 0 Å². The number of hydrogen-bond donors (Lipinski definition) is 2. The maximum Gasteiger partial charge on any atom is 0.213 e. The summed E-state index contributed by atoms with van der Waals surface area (Å²) < 4.78 is 5.48. The van der Waals surface area contributed by atoms with Crippen molar-refractivity contribution in [3.05, 3.63) is 23.9 Å². The van der Waals surface area contributed by atoms with Crippen molar-refractivity contribution in [3.63, 3.8) is 0 Å². The van der Waals surface area contributed by atoms with Crippen molar-refractivity contribution in [1.29, 1.82) is 0 Å². The maximum atomic E-state index is 5.48. The van der Waals surface area contributed by atoms with Gasteiger partial charge in [-0.1, -0.05) is 39.7 Å². The van der Waals surface area contributed by atoms with Crippen LogP contribution in [0.15, 0.2) is 23.3 Å². The zero-order valence-electron chi connectivity index (χ0n) is 14.8. The second kappa shape index (κ2) is 13.4. The summed E-state index contributed by atoms with van der Waals surface area (Å²) in [6, 6.07) is 3.94. The Bertz CT molecular complexity index is 433. The van der Waals surface area contributed by atoms with E-state index in [1.807, 2.05) is 18.3 Å². The van der Waals surface area contributed by atoms with Gasteiger partial charge in [0.25, 0.3) is 0 Å². The number of nitrogens with one attached hydrogen (secondary N) is 2. The fourth-order valence-corrected chi connectivity index (χ4v) is 2.03. The Labute approximate surface area is 157 Å². The van der Waals surface area contributed by atoms with E-state index in [2.05, 4.69) is 41.4 Å². The first-order valence-corrected chi connectivity index (χ1v) is 8.25. The zero-order chi connectivity index (χ0) is 16.2. The van der Waals surface area contributed by atoms with Crippen molar-refractivity contribution in [2.24, 2.45) is 10.9 Å². The number of aromatic nitrogens is 1. The van der Waals surface area contributed by atoms with Gasteiger partial charge in [0, 0.05) is 32.4 Å². The van der Waals surface area contributed by atoms with Crippen LogP contribution in [-0.4, -0.2) is 31.1 Å². The molecular formula is C17H31IN4O. The van der Waals surface area contributed by atoms with Crippen molar-refractivity contribution in [2.45, 2.75) is 46.6 Å². The van der Waals surface area contributed by atoms with Crippen molar-refractivity contribution in [2.75, 3.05) is 20.2 Å². The van der Waals surface area contributed by atoms with E-state index in [0.717, 1.165) is 24.5 Å². The standard InChI is InChI=1S/C17H30N4O.HI/c1-5-10-22-16-9-8-15(12-19-16)13-21-17(18-4)20-11-14(6-2)7-3;/h8-9,12,14H,5-7,10-11,13H2,1-4H3,(H2,18,20,21);1H. The van der Waals surface area contributed by atoms with Crippen LogP contribution in [0, 0.1) is 5.92 Å². The normalized spacial score (nSPS) is 11.1. The molecule has 1 rings (SSSR count). The highest BCUT2D eigenvalue weighted by Gasteiger charge is 2.05. The average Bonchev–Trinajstić information content (AvgIpc) is 2.57. The summed E-state index contributed by atoms with van der Waals surface area (Å²) in [5, 5.41) is 6.68. The SMILES string of the molecule is CCCOc1ccc(CNC(=NC)NCC(CC)CC)cn1.I. The van der Waals surface area contributed by atoms with E-state index in [1.54, 1.807) is 7.05 Å². The third-order valence-corrected chi connectivity index (χ3v) is 3.65. The predicted octanol–water partition coefficient (Wildman–Crippen LogP) is 3.59. The van der Waals surface area contributed by atoms with Gasteiger partial charge in [-0.25, -0.2) is 4.98 Å². The minimum Gasteiger partial charge on any atom is -0.478 e. The summed E-state index contributed by atoms with van der Waals surface area (Å²) in [5.74, 6) is 2.20. The second-order valence-electron chi connectivity index (χ2n) is 5.34. The lowest BCUT2D eigenvalue weighted by Crippen LogP contribution is -2.39. The minimum atomic E-state index is 0. The van der Waals surface area contributed by atoms with Crippen LogP contribution in [0.2, 0.25) is 0 Å². The van der Waals surface area contributed by atoms with Gasteiger partial charge in [0.05, 0.1) is 6.61 Å². The van der Waals surface area contributed by atoms with Gasteiger partial charge in [0.2, 0.25) is 5.88 Å². The van der Waals surface area contributed by atoms with E-state index in [0.29, 0.717) is 24.9 Å². The molecule has 0 saturated heterocycles. The molecule has 132 valence electrons. The van der Waals surface area contributed by atoms with Crippen molar-refractivity contribution < 1.29 is 4.74 Å². The Morgan fingerprint density at radius 1 is 1.22 bits per heavy atom. The van der Waals surface area contributed by atoms with Crippen LogP contribution in [0.3, 0.4) is 0 Å². The lowest BCUT2D eigenvalue weighted by atomic mass is 10.0. The highest BCUT2D eigenvalue weighted by molar-refractivity contribution is 14.0. The van der Waals surface area contributed by atoms with Crippen molar-refractivity contribution in [3.8, 4) is 5.88 Å². The molecule has 0 fully saturated rings. The quantitative estimate of drug-likeness (QED) is 0.354. The molecule has 0 amide bonds. The Hall–Kier alpha value is -1.05. The molecule has 0 aliphatic heterocycles. The Kier molecular flexibility index (Phi) is 12.8. The number of hydrogen-bond acceptors (Lipinski definition) is 3. The molecule has 0 unspecified atom stereocenters. The van der Waals surface area contributed by atoms with Crippen LogP contribution in [0.25, 0.3) is 0 Å². The molecule has 6 heteroatoms. The highest BCUT2D eigenvalue weighted by Crippen LogP contribution is 2.08. The topological polar surface area (TPSA) is 58.5 Å². The molecule has 0 spiro atoms. The molecule has 0 bridgehead atoms. The number of pyridine rings is 1. The number of ether oxygens (including phenoxy) is 1. The molecule has 0 atom stereocenters. The largest absolute Gasteiger partial charge is 0.478 e. The fourth-order valence-electron chi connectivity index (χ4n) is 2.03. The number of aliphatic imine (C=N–C) groups is 1. The van der Waals surface area contributed by atoms with Crippen LogP contribution >= 0.6 is 24.0 Å². The molecule has 23 heavy (non-hydrogen) atoms. The Morgan fingerprint density at radius 2 is 1.96 bits per heavy atom. The van der Waals surface area contributed by atoms with Crippen LogP contribution in [0.5, 0.6) is 5.88 Å². The average molecular weight is 434 g/mol. The number of halogens is 1. The summed E-state index contributed by atoms with van der Waals surface area (Å²) in [5.41, 5.74) is 1.11. The molecule has 1 aromatic heterocycles. The second-order valence-corrected chi connectivity index (χ2v) is 5.34. The van der Waals surface area contributed by atoms with E-state index in [9.17, 15) is 0 Å². The third kappa shape index (κ3) is 8.98. The first-order chi connectivity index (χ1) is 10.7. The van der Waals surface area contributed by atoms with Gasteiger partial charge in [-0.15, -0.1) is 24.0 Å². The van der Waals surface area contributed by atoms with Gasteiger partial charge >= 0.3 is 0 Å². The highest BCUT2D eigenvalue weighted by atomic mass is 127. The summed E-state index contributed by atoms with van der Waals surface area (Å²) >= 11 is 0. The summed E-state index contributed by atoms with van der Waals surface area (Å²) in [6.45, 7) is 8.88. The fraction of sp³-hybridized carbons (Fsp3) is 0.647. The van der Waals surface area contributed by atoms with Crippen LogP contribution in [0.1, 0.15) is 45.6 Å². The van der Waals surface area contributed by atoms with Gasteiger partial charge in [0.15, 0.2) is 5.96 Å². The summed E-state index contributed by atoms with van der Waals surface area (Å²) in [6.07, 6.45) is 5.20.